The Hall–Kier alpha value is -1.12. The molecule has 0 aromatic carbocycles. The van der Waals surface area contributed by atoms with Gasteiger partial charge in [-0.15, -0.1) is 0 Å². The van der Waals surface area contributed by atoms with Crippen LogP contribution < -0.4 is 5.32 Å². The number of aliphatic hydroxyl groups is 1. The van der Waals surface area contributed by atoms with Crippen LogP contribution in [0, 0.1) is 11.3 Å². The van der Waals surface area contributed by atoms with Crippen LogP contribution in [0.25, 0.3) is 0 Å². The van der Waals surface area contributed by atoms with Crippen molar-refractivity contribution in [2.45, 2.75) is 56.6 Å². The number of carbonyl (C=O) groups excluding carboxylic acids is 1. The van der Waals surface area contributed by atoms with Crippen molar-refractivity contribution in [3.63, 3.8) is 0 Å². The summed E-state index contributed by atoms with van der Waals surface area (Å²) in [4.78, 5) is 14.0. The van der Waals surface area contributed by atoms with E-state index in [1.165, 1.54) is 0 Å². The number of hydrogen-bond acceptors (Lipinski definition) is 4. The number of nitrogens with zero attached hydrogens (tertiary/aromatic N) is 2. The standard InChI is InChI=1S/C14H23N3O2/c15-11-14(6-2-1-3-7-14)16-13(19)10-17-8-4-5-12(18)9-17/h12,18H,1-10H2,(H,16,19)/t12-/m0/s1. The van der Waals surface area contributed by atoms with Crippen LogP contribution in [0.15, 0.2) is 0 Å². The number of likely N-dealkylation sites (tertiary alicyclic amines) is 1. The second-order valence-electron chi connectivity index (χ2n) is 5.83. The summed E-state index contributed by atoms with van der Waals surface area (Å²) in [7, 11) is 0. The predicted molar refractivity (Wildman–Crippen MR) is 71.3 cm³/mol. The van der Waals surface area contributed by atoms with E-state index in [1.54, 1.807) is 0 Å². The van der Waals surface area contributed by atoms with Crippen LogP contribution >= 0.6 is 0 Å². The number of hydrogen-bond donors (Lipinski definition) is 2. The molecule has 0 spiro atoms. The summed E-state index contributed by atoms with van der Waals surface area (Å²) in [5.74, 6) is -0.0856. The Bertz CT molecular complexity index is 358. The van der Waals surface area contributed by atoms with E-state index in [9.17, 15) is 15.2 Å². The van der Waals surface area contributed by atoms with Crippen molar-refractivity contribution < 1.29 is 9.90 Å². The van der Waals surface area contributed by atoms with E-state index in [1.807, 2.05) is 4.90 Å². The average molecular weight is 265 g/mol. The van der Waals surface area contributed by atoms with Crippen LogP contribution in [-0.2, 0) is 4.79 Å². The Morgan fingerprint density at radius 3 is 2.74 bits per heavy atom. The molecule has 0 bridgehead atoms. The molecule has 0 aromatic rings. The van der Waals surface area contributed by atoms with Crippen molar-refractivity contribution in [3.8, 4) is 6.07 Å². The molecule has 19 heavy (non-hydrogen) atoms. The number of carbonyl (C=O) groups is 1. The number of rotatable bonds is 3. The first-order chi connectivity index (χ1) is 9.13. The van der Waals surface area contributed by atoms with Gasteiger partial charge in [-0.1, -0.05) is 19.3 Å². The largest absolute Gasteiger partial charge is 0.392 e. The smallest absolute Gasteiger partial charge is 0.235 e. The predicted octanol–water partition coefficient (Wildman–Crippen LogP) is 0.786. The number of nitriles is 1. The molecule has 2 aliphatic rings. The lowest BCUT2D eigenvalue weighted by molar-refractivity contribution is -0.124. The summed E-state index contributed by atoms with van der Waals surface area (Å²) in [6.07, 6.45) is 6.12. The minimum atomic E-state index is -0.649. The van der Waals surface area contributed by atoms with Gasteiger partial charge in [-0.05, 0) is 32.2 Å². The van der Waals surface area contributed by atoms with Gasteiger partial charge in [0.1, 0.15) is 5.54 Å². The van der Waals surface area contributed by atoms with Gasteiger partial charge in [-0.2, -0.15) is 5.26 Å². The minimum absolute atomic E-state index is 0.0856. The molecule has 1 aliphatic heterocycles. The van der Waals surface area contributed by atoms with Gasteiger partial charge >= 0.3 is 0 Å². The third-order valence-electron chi connectivity index (χ3n) is 4.15. The first-order valence-electron chi connectivity index (χ1n) is 7.26. The average Bonchev–Trinajstić information content (AvgIpc) is 2.39. The van der Waals surface area contributed by atoms with E-state index in [-0.39, 0.29) is 12.0 Å². The normalized spacial score (nSPS) is 27.5. The monoisotopic (exact) mass is 265 g/mol. The van der Waals surface area contributed by atoms with Crippen molar-refractivity contribution >= 4 is 5.91 Å². The molecule has 1 saturated heterocycles. The Balaban J connectivity index is 1.84. The van der Waals surface area contributed by atoms with E-state index < -0.39 is 5.54 Å². The summed E-state index contributed by atoms with van der Waals surface area (Å²) >= 11 is 0. The van der Waals surface area contributed by atoms with Crippen molar-refractivity contribution in [2.75, 3.05) is 19.6 Å². The first-order valence-corrected chi connectivity index (χ1v) is 7.26. The molecule has 1 aliphatic carbocycles. The molecule has 106 valence electrons. The van der Waals surface area contributed by atoms with Gasteiger partial charge in [0.05, 0.1) is 18.7 Å². The number of β-amino-alcohol motifs (C(OH)–C–C–N with tert-alkyl or cyclic N) is 1. The fourth-order valence-electron chi connectivity index (χ4n) is 3.10. The molecule has 1 heterocycles. The lowest BCUT2D eigenvalue weighted by atomic mass is 9.83. The maximum atomic E-state index is 12.1. The Morgan fingerprint density at radius 2 is 2.11 bits per heavy atom. The highest BCUT2D eigenvalue weighted by Gasteiger charge is 2.34. The van der Waals surface area contributed by atoms with E-state index >= 15 is 0 Å². The quantitative estimate of drug-likeness (QED) is 0.791. The van der Waals surface area contributed by atoms with E-state index in [0.29, 0.717) is 13.1 Å². The van der Waals surface area contributed by atoms with Gasteiger partial charge in [0.2, 0.25) is 5.91 Å². The van der Waals surface area contributed by atoms with Crippen LogP contribution in [0.5, 0.6) is 0 Å². The van der Waals surface area contributed by atoms with Crippen LogP contribution in [-0.4, -0.2) is 47.2 Å². The molecule has 0 aromatic heterocycles. The Kier molecular flexibility index (Phi) is 4.78. The fraction of sp³-hybridized carbons (Fsp3) is 0.857. The Morgan fingerprint density at radius 1 is 1.37 bits per heavy atom. The maximum absolute atomic E-state index is 12.1. The topological polar surface area (TPSA) is 76.4 Å². The highest BCUT2D eigenvalue weighted by Crippen LogP contribution is 2.27. The summed E-state index contributed by atoms with van der Waals surface area (Å²) in [5.41, 5.74) is -0.649. The summed E-state index contributed by atoms with van der Waals surface area (Å²) in [5, 5.41) is 21.8. The van der Waals surface area contributed by atoms with Crippen molar-refractivity contribution in [1.82, 2.24) is 10.2 Å². The molecule has 5 nitrogen and oxygen atoms in total. The molecule has 2 rings (SSSR count). The SMILES string of the molecule is N#CC1(NC(=O)CN2CCC[C@H](O)C2)CCCCC1. The molecular formula is C14H23N3O2. The first kappa shape index (κ1) is 14.3. The number of amides is 1. The number of aliphatic hydroxyl groups excluding tert-OH is 1. The van der Waals surface area contributed by atoms with E-state index in [4.69, 9.17) is 0 Å². The molecule has 1 saturated carbocycles. The van der Waals surface area contributed by atoms with Gasteiger partial charge in [0, 0.05) is 6.54 Å². The van der Waals surface area contributed by atoms with Crippen molar-refractivity contribution in [3.05, 3.63) is 0 Å². The third kappa shape index (κ3) is 3.92. The van der Waals surface area contributed by atoms with E-state index in [2.05, 4.69) is 11.4 Å². The third-order valence-corrected chi connectivity index (χ3v) is 4.15. The molecular weight excluding hydrogens is 242 g/mol. The maximum Gasteiger partial charge on any atom is 0.235 e. The van der Waals surface area contributed by atoms with Crippen LogP contribution in [0.3, 0.4) is 0 Å². The molecule has 0 radical (unpaired) electrons. The lowest BCUT2D eigenvalue weighted by Gasteiger charge is -2.34. The van der Waals surface area contributed by atoms with Gasteiger partial charge in [-0.3, -0.25) is 9.69 Å². The molecule has 2 fully saturated rings. The Labute approximate surface area is 114 Å². The van der Waals surface area contributed by atoms with Crippen LogP contribution in [0.2, 0.25) is 0 Å². The summed E-state index contributed by atoms with van der Waals surface area (Å²) in [6.45, 7) is 1.71. The van der Waals surface area contributed by atoms with Gasteiger partial charge in [-0.25, -0.2) is 0 Å². The molecule has 0 unspecified atom stereocenters. The number of nitrogens with one attached hydrogen (secondary N) is 1. The second kappa shape index (κ2) is 6.36. The molecule has 2 N–H and O–H groups in total. The fourth-order valence-corrected chi connectivity index (χ4v) is 3.10. The second-order valence-corrected chi connectivity index (χ2v) is 5.83. The van der Waals surface area contributed by atoms with E-state index in [0.717, 1.165) is 51.5 Å². The summed E-state index contributed by atoms with van der Waals surface area (Å²) < 4.78 is 0. The lowest BCUT2D eigenvalue weighted by Crippen LogP contribution is -2.52. The molecule has 1 atom stereocenters. The molecule has 5 heteroatoms. The minimum Gasteiger partial charge on any atom is -0.392 e. The zero-order chi connectivity index (χ0) is 13.7. The summed E-state index contributed by atoms with van der Waals surface area (Å²) in [6, 6.07) is 2.29. The van der Waals surface area contributed by atoms with Gasteiger partial charge < -0.3 is 10.4 Å². The van der Waals surface area contributed by atoms with Gasteiger partial charge in [0.25, 0.3) is 0 Å². The molecule has 1 amide bonds. The van der Waals surface area contributed by atoms with Gasteiger partial charge in [0.15, 0.2) is 0 Å². The van der Waals surface area contributed by atoms with Crippen molar-refractivity contribution in [2.24, 2.45) is 0 Å². The van der Waals surface area contributed by atoms with Crippen molar-refractivity contribution in [1.29, 1.82) is 5.26 Å². The van der Waals surface area contributed by atoms with Crippen LogP contribution in [0.4, 0.5) is 0 Å². The number of piperidine rings is 1. The zero-order valence-corrected chi connectivity index (χ0v) is 11.4. The van der Waals surface area contributed by atoms with Crippen LogP contribution in [0.1, 0.15) is 44.9 Å². The highest BCUT2D eigenvalue weighted by molar-refractivity contribution is 5.79. The zero-order valence-electron chi connectivity index (χ0n) is 11.4. The highest BCUT2D eigenvalue weighted by atomic mass is 16.3.